The third-order valence-electron chi connectivity index (χ3n) is 5.68. The molecule has 1 aromatic carbocycles. The number of pyridine rings is 1. The Balaban J connectivity index is 0.00000141. The Kier molecular flexibility index (Phi) is 6.91. The summed E-state index contributed by atoms with van der Waals surface area (Å²) in [5.41, 5.74) is 1.01. The molecule has 1 atom stereocenters. The van der Waals surface area contributed by atoms with Crippen molar-refractivity contribution in [2.24, 2.45) is 4.99 Å². The molecule has 0 saturated carbocycles. The first-order valence-electron chi connectivity index (χ1n) is 10.2. The number of allylic oxidation sites excluding steroid dienone is 1. The minimum Gasteiger partial charge on any atom is -0.352 e. The van der Waals surface area contributed by atoms with Gasteiger partial charge in [-0.05, 0) is 47.4 Å². The van der Waals surface area contributed by atoms with Crippen molar-refractivity contribution in [3.05, 3.63) is 69.2 Å². The number of halogens is 6. The largest absolute Gasteiger partial charge is 0.400 e. The fourth-order valence-electron chi connectivity index (χ4n) is 3.90. The van der Waals surface area contributed by atoms with Crippen molar-refractivity contribution in [3.8, 4) is 0 Å². The molecule has 3 heterocycles. The predicted molar refractivity (Wildman–Crippen MR) is 121 cm³/mol. The number of nitrogens with zero attached hydrogens (tertiary/aromatic N) is 3. The number of aliphatic imine (C=N–C) groups is 1. The van der Waals surface area contributed by atoms with Gasteiger partial charge in [-0.2, -0.15) is 13.2 Å². The van der Waals surface area contributed by atoms with Crippen LogP contribution in [0, 0.1) is 5.82 Å². The third-order valence-corrected chi connectivity index (χ3v) is 6.23. The molecular weight excluding hydrogens is 465 g/mol. The molecule has 0 amide bonds. The number of amidine groups is 1. The average molecular weight is 488 g/mol. The van der Waals surface area contributed by atoms with Gasteiger partial charge in [-0.15, -0.1) is 0 Å². The van der Waals surface area contributed by atoms with E-state index in [1.807, 2.05) is 31.7 Å². The molecule has 4 rings (SSSR count). The van der Waals surface area contributed by atoms with E-state index >= 15 is 0 Å². The van der Waals surface area contributed by atoms with E-state index < -0.39 is 34.0 Å². The molecule has 3 nitrogen and oxygen atoms in total. The van der Waals surface area contributed by atoms with Gasteiger partial charge in [0.15, 0.2) is 5.82 Å². The minimum absolute atomic E-state index is 0.187. The van der Waals surface area contributed by atoms with E-state index in [-0.39, 0.29) is 12.0 Å². The highest BCUT2D eigenvalue weighted by Crippen LogP contribution is 2.49. The maximum Gasteiger partial charge on any atom is 0.400 e. The highest BCUT2D eigenvalue weighted by atomic mass is 35.5. The van der Waals surface area contributed by atoms with Crippen LogP contribution in [-0.4, -0.2) is 28.4 Å². The summed E-state index contributed by atoms with van der Waals surface area (Å²) >= 11 is 11.6. The SMILES string of the molecule is C=C(C)c1cc2c(cn1)CN(C1=NCC(c3cc(Cl)c(F)c(Cl)c3)(C(F)(F)F)C1)C2.CC. The Morgan fingerprint density at radius 3 is 2.25 bits per heavy atom. The van der Waals surface area contributed by atoms with Crippen molar-refractivity contribution in [2.75, 3.05) is 6.54 Å². The molecule has 32 heavy (non-hydrogen) atoms. The van der Waals surface area contributed by atoms with E-state index in [1.165, 1.54) is 0 Å². The second kappa shape index (κ2) is 9.02. The molecule has 9 heteroatoms. The normalized spacial score (nSPS) is 19.9. The van der Waals surface area contributed by atoms with Crippen molar-refractivity contribution in [1.29, 1.82) is 0 Å². The molecule has 2 aliphatic heterocycles. The van der Waals surface area contributed by atoms with Gasteiger partial charge in [0.1, 0.15) is 11.3 Å². The first-order valence-corrected chi connectivity index (χ1v) is 10.9. The Morgan fingerprint density at radius 2 is 1.69 bits per heavy atom. The molecule has 0 aliphatic carbocycles. The molecule has 0 saturated heterocycles. The van der Waals surface area contributed by atoms with Crippen LogP contribution in [0.15, 0.2) is 36.0 Å². The van der Waals surface area contributed by atoms with Gasteiger partial charge in [0.05, 0.1) is 22.3 Å². The van der Waals surface area contributed by atoms with Gasteiger partial charge in [-0.3, -0.25) is 9.98 Å². The zero-order chi connectivity index (χ0) is 23.8. The van der Waals surface area contributed by atoms with Gasteiger partial charge in [0, 0.05) is 25.7 Å². The summed E-state index contributed by atoms with van der Waals surface area (Å²) in [4.78, 5) is 10.4. The van der Waals surface area contributed by atoms with Crippen LogP contribution in [0.25, 0.3) is 5.57 Å². The quantitative estimate of drug-likeness (QED) is 0.330. The van der Waals surface area contributed by atoms with Crippen molar-refractivity contribution in [3.63, 3.8) is 0 Å². The zero-order valence-electron chi connectivity index (χ0n) is 18.0. The molecule has 0 N–H and O–H groups in total. The van der Waals surface area contributed by atoms with Crippen LogP contribution >= 0.6 is 23.2 Å². The van der Waals surface area contributed by atoms with E-state index in [4.69, 9.17) is 23.2 Å². The lowest BCUT2D eigenvalue weighted by Crippen LogP contribution is -2.44. The van der Waals surface area contributed by atoms with Crippen molar-refractivity contribution in [1.82, 2.24) is 9.88 Å². The Bertz CT molecular complexity index is 1060. The molecule has 2 aromatic rings. The molecule has 0 bridgehead atoms. The van der Waals surface area contributed by atoms with Crippen molar-refractivity contribution in [2.45, 2.75) is 51.9 Å². The van der Waals surface area contributed by atoms with Gasteiger partial charge in [0.2, 0.25) is 0 Å². The smallest absolute Gasteiger partial charge is 0.352 e. The van der Waals surface area contributed by atoms with Crippen LogP contribution in [-0.2, 0) is 18.5 Å². The summed E-state index contributed by atoms with van der Waals surface area (Å²) in [5.74, 6) is -0.591. The maximum absolute atomic E-state index is 14.2. The maximum atomic E-state index is 14.2. The third kappa shape index (κ3) is 4.25. The van der Waals surface area contributed by atoms with Crippen LogP contribution in [0.1, 0.15) is 49.6 Å². The summed E-state index contributed by atoms with van der Waals surface area (Å²) in [5, 5.41) is -0.886. The second-order valence-electron chi connectivity index (χ2n) is 7.72. The van der Waals surface area contributed by atoms with E-state index in [2.05, 4.69) is 16.6 Å². The number of hydrogen-bond donors (Lipinski definition) is 0. The lowest BCUT2D eigenvalue weighted by atomic mass is 9.78. The van der Waals surface area contributed by atoms with Crippen LogP contribution in [0.4, 0.5) is 17.6 Å². The lowest BCUT2D eigenvalue weighted by molar-refractivity contribution is -0.184. The van der Waals surface area contributed by atoms with E-state index in [1.54, 1.807) is 6.20 Å². The topological polar surface area (TPSA) is 28.5 Å². The summed E-state index contributed by atoms with van der Waals surface area (Å²) in [7, 11) is 0. The van der Waals surface area contributed by atoms with Crippen LogP contribution < -0.4 is 0 Å². The minimum atomic E-state index is -4.62. The predicted octanol–water partition coefficient (Wildman–Crippen LogP) is 7.20. The number of aromatic nitrogens is 1. The zero-order valence-corrected chi connectivity index (χ0v) is 19.5. The molecular formula is C23H23Cl2F4N3. The fourth-order valence-corrected chi connectivity index (χ4v) is 4.38. The summed E-state index contributed by atoms with van der Waals surface area (Å²) in [6, 6.07) is 3.90. The highest BCUT2D eigenvalue weighted by molar-refractivity contribution is 6.35. The number of benzene rings is 1. The summed E-state index contributed by atoms with van der Waals surface area (Å²) < 4.78 is 56.5. The van der Waals surface area contributed by atoms with E-state index in [0.717, 1.165) is 34.5 Å². The Morgan fingerprint density at radius 1 is 1.09 bits per heavy atom. The second-order valence-corrected chi connectivity index (χ2v) is 8.53. The molecule has 0 radical (unpaired) electrons. The average Bonchev–Trinajstić information content (AvgIpc) is 3.37. The van der Waals surface area contributed by atoms with Crippen molar-refractivity contribution >= 4 is 34.6 Å². The monoisotopic (exact) mass is 487 g/mol. The van der Waals surface area contributed by atoms with Crippen LogP contribution in [0.5, 0.6) is 0 Å². The number of hydrogen-bond acceptors (Lipinski definition) is 3. The molecule has 0 spiro atoms. The molecule has 1 aromatic heterocycles. The molecule has 2 aliphatic rings. The lowest BCUT2D eigenvalue weighted by Gasteiger charge is -2.32. The number of fused-ring (bicyclic) bond motifs is 1. The van der Waals surface area contributed by atoms with Gasteiger partial charge in [0.25, 0.3) is 0 Å². The standard InChI is InChI=1S/C21H17Cl2F4N3.C2H6/c1-11(2)17-3-12-8-30(9-13(12)7-28-17)18-6-20(10-29-18,21(25,26)27)14-4-15(22)19(24)16(23)5-14;1-2/h3-5,7H,1,6,8-10H2,2H3;1-2H3. The number of rotatable bonds is 2. The van der Waals surface area contributed by atoms with Gasteiger partial charge in [-0.1, -0.05) is 43.6 Å². The van der Waals surface area contributed by atoms with Crippen LogP contribution in [0.3, 0.4) is 0 Å². The van der Waals surface area contributed by atoms with E-state index in [0.29, 0.717) is 18.9 Å². The Hall–Kier alpha value is -2.12. The molecule has 1 unspecified atom stereocenters. The fraction of sp³-hybridized carbons (Fsp3) is 0.391. The first-order chi connectivity index (χ1) is 15.0. The van der Waals surface area contributed by atoms with Crippen LogP contribution in [0.2, 0.25) is 10.0 Å². The van der Waals surface area contributed by atoms with Gasteiger partial charge < -0.3 is 4.90 Å². The number of alkyl halides is 3. The summed E-state index contributed by atoms with van der Waals surface area (Å²) in [6.45, 7) is 10.1. The first kappa shape index (κ1) is 24.5. The molecule has 0 fully saturated rings. The Labute approximate surface area is 194 Å². The molecule has 172 valence electrons. The van der Waals surface area contributed by atoms with Crippen molar-refractivity contribution < 1.29 is 17.6 Å². The highest BCUT2D eigenvalue weighted by Gasteiger charge is 2.59. The summed E-state index contributed by atoms with van der Waals surface area (Å²) in [6.07, 6.45) is -3.26. The van der Waals surface area contributed by atoms with E-state index in [9.17, 15) is 17.6 Å². The van der Waals surface area contributed by atoms with Gasteiger partial charge in [-0.25, -0.2) is 4.39 Å². The van der Waals surface area contributed by atoms with Gasteiger partial charge >= 0.3 is 6.18 Å².